The van der Waals surface area contributed by atoms with Crippen molar-refractivity contribution in [3.63, 3.8) is 0 Å². The maximum absolute atomic E-state index is 13.4. The third-order valence-corrected chi connectivity index (χ3v) is 5.80. The minimum Gasteiger partial charge on any atom is -0.368 e. The summed E-state index contributed by atoms with van der Waals surface area (Å²) < 4.78 is 0. The number of hydrogen-bond acceptors (Lipinski definition) is 3. The number of nitrogens with one attached hydrogen (secondary N) is 1. The van der Waals surface area contributed by atoms with Crippen LogP contribution in [0.2, 0.25) is 10.0 Å². The van der Waals surface area contributed by atoms with Gasteiger partial charge in [0.1, 0.15) is 12.1 Å². The number of carbonyl (C=O) groups excluding carboxylic acids is 3. The Morgan fingerprint density at radius 2 is 1.77 bits per heavy atom. The molecule has 30 heavy (non-hydrogen) atoms. The molecule has 3 N–H and O–H groups in total. The van der Waals surface area contributed by atoms with Gasteiger partial charge in [0, 0.05) is 18.0 Å². The van der Waals surface area contributed by atoms with Crippen LogP contribution < -0.4 is 11.1 Å². The number of carbonyl (C=O) groups is 3. The minimum atomic E-state index is -0.851. The molecular weight excluding hydrogens is 425 g/mol. The Morgan fingerprint density at radius 1 is 1.10 bits per heavy atom. The van der Waals surface area contributed by atoms with Gasteiger partial charge in [-0.25, -0.2) is 0 Å². The zero-order valence-electron chi connectivity index (χ0n) is 16.7. The first-order valence-corrected chi connectivity index (χ1v) is 10.4. The molecular formula is C22H23Cl2N3O3. The lowest BCUT2D eigenvalue weighted by molar-refractivity contribution is -0.143. The molecule has 2 aromatic carbocycles. The zero-order chi connectivity index (χ0) is 22.0. The van der Waals surface area contributed by atoms with Gasteiger partial charge in [0.15, 0.2) is 0 Å². The SMILES string of the molecule is CC(C)[C@H](NC(=O)c1ccc(Cl)cc1Cl)C(=O)N1Cc2ccccc2C[C@@H]1C(N)=O. The number of hydrogen-bond donors (Lipinski definition) is 2. The maximum atomic E-state index is 13.4. The van der Waals surface area contributed by atoms with E-state index in [1.807, 2.05) is 38.1 Å². The summed E-state index contributed by atoms with van der Waals surface area (Å²) in [6, 6.07) is 10.5. The second kappa shape index (κ2) is 9.06. The molecule has 1 aliphatic rings. The van der Waals surface area contributed by atoms with Crippen molar-refractivity contribution in [2.75, 3.05) is 0 Å². The number of rotatable bonds is 5. The van der Waals surface area contributed by atoms with Crippen molar-refractivity contribution >= 4 is 40.9 Å². The number of fused-ring (bicyclic) bond motifs is 1. The molecule has 0 spiro atoms. The predicted molar refractivity (Wildman–Crippen MR) is 116 cm³/mol. The normalized spacial score (nSPS) is 16.7. The van der Waals surface area contributed by atoms with E-state index in [9.17, 15) is 14.4 Å². The molecule has 0 unspecified atom stereocenters. The van der Waals surface area contributed by atoms with E-state index in [-0.39, 0.29) is 29.0 Å². The minimum absolute atomic E-state index is 0.192. The van der Waals surface area contributed by atoms with Gasteiger partial charge in [-0.1, -0.05) is 61.3 Å². The van der Waals surface area contributed by atoms with Crippen molar-refractivity contribution in [2.24, 2.45) is 11.7 Å². The molecule has 0 aliphatic carbocycles. The summed E-state index contributed by atoms with van der Waals surface area (Å²) in [5.41, 5.74) is 7.77. The molecule has 0 aromatic heterocycles. The van der Waals surface area contributed by atoms with Crippen LogP contribution >= 0.6 is 23.2 Å². The monoisotopic (exact) mass is 447 g/mol. The standard InChI is InChI=1S/C22H23Cl2N3O3/c1-12(2)19(26-21(29)16-8-7-15(23)10-17(16)24)22(30)27-11-14-6-4-3-5-13(14)9-18(27)20(25)28/h3-8,10,12,18-19H,9,11H2,1-2H3,(H2,25,28)(H,26,29)/t18-,19+/m1/s1. The lowest BCUT2D eigenvalue weighted by Crippen LogP contribution is -2.58. The van der Waals surface area contributed by atoms with Crippen molar-refractivity contribution < 1.29 is 14.4 Å². The molecule has 6 nitrogen and oxygen atoms in total. The van der Waals surface area contributed by atoms with E-state index in [2.05, 4.69) is 5.32 Å². The van der Waals surface area contributed by atoms with Crippen molar-refractivity contribution in [1.82, 2.24) is 10.2 Å². The lowest BCUT2D eigenvalue weighted by Gasteiger charge is -2.38. The van der Waals surface area contributed by atoms with Gasteiger partial charge >= 0.3 is 0 Å². The summed E-state index contributed by atoms with van der Waals surface area (Å²) >= 11 is 12.0. The Labute approximate surface area is 185 Å². The van der Waals surface area contributed by atoms with Crippen LogP contribution in [0.3, 0.4) is 0 Å². The largest absolute Gasteiger partial charge is 0.368 e. The van der Waals surface area contributed by atoms with E-state index in [0.717, 1.165) is 11.1 Å². The van der Waals surface area contributed by atoms with Crippen molar-refractivity contribution in [3.05, 3.63) is 69.2 Å². The molecule has 0 bridgehead atoms. The van der Waals surface area contributed by atoms with E-state index >= 15 is 0 Å². The van der Waals surface area contributed by atoms with Gasteiger partial charge in [-0.3, -0.25) is 14.4 Å². The van der Waals surface area contributed by atoms with Crippen LogP contribution in [0.25, 0.3) is 0 Å². The average molecular weight is 448 g/mol. The Kier molecular flexibility index (Phi) is 6.68. The third kappa shape index (κ3) is 4.60. The number of halogens is 2. The maximum Gasteiger partial charge on any atom is 0.253 e. The molecule has 8 heteroatoms. The number of amides is 3. The van der Waals surface area contributed by atoms with Crippen molar-refractivity contribution in [1.29, 1.82) is 0 Å². The molecule has 3 rings (SSSR count). The van der Waals surface area contributed by atoms with Crippen LogP contribution in [0.1, 0.15) is 35.3 Å². The highest BCUT2D eigenvalue weighted by Gasteiger charge is 2.38. The van der Waals surface area contributed by atoms with Gasteiger partial charge in [-0.05, 0) is 35.2 Å². The van der Waals surface area contributed by atoms with E-state index in [1.165, 1.54) is 17.0 Å². The van der Waals surface area contributed by atoms with Crippen LogP contribution in [0.15, 0.2) is 42.5 Å². The zero-order valence-corrected chi connectivity index (χ0v) is 18.2. The Hall–Kier alpha value is -2.57. The van der Waals surface area contributed by atoms with Crippen LogP contribution in [0, 0.1) is 5.92 Å². The third-order valence-electron chi connectivity index (χ3n) is 5.26. The molecule has 2 aromatic rings. The summed E-state index contributed by atoms with van der Waals surface area (Å²) in [5.74, 6) is -1.65. The second-order valence-corrected chi connectivity index (χ2v) is 8.52. The first-order chi connectivity index (χ1) is 14.2. The Morgan fingerprint density at radius 3 is 2.37 bits per heavy atom. The molecule has 3 amide bonds. The summed E-state index contributed by atoms with van der Waals surface area (Å²) in [6.07, 6.45) is 0.346. The quantitative estimate of drug-likeness (QED) is 0.736. The molecule has 0 saturated heterocycles. The van der Waals surface area contributed by atoms with E-state index in [0.29, 0.717) is 11.4 Å². The predicted octanol–water partition coefficient (Wildman–Crippen LogP) is 3.19. The van der Waals surface area contributed by atoms with Gasteiger partial charge < -0.3 is 16.0 Å². The molecule has 2 atom stereocenters. The van der Waals surface area contributed by atoms with Gasteiger partial charge in [-0.15, -0.1) is 0 Å². The molecule has 1 heterocycles. The van der Waals surface area contributed by atoms with Crippen molar-refractivity contribution in [2.45, 2.75) is 38.9 Å². The fourth-order valence-corrected chi connectivity index (χ4v) is 4.09. The lowest BCUT2D eigenvalue weighted by atomic mass is 9.91. The van der Waals surface area contributed by atoms with E-state index in [1.54, 1.807) is 6.07 Å². The van der Waals surface area contributed by atoms with Gasteiger partial charge in [0.25, 0.3) is 5.91 Å². The van der Waals surface area contributed by atoms with Crippen LogP contribution in [0.4, 0.5) is 0 Å². The smallest absolute Gasteiger partial charge is 0.253 e. The summed E-state index contributed by atoms with van der Waals surface area (Å²) in [7, 11) is 0. The van der Waals surface area contributed by atoms with Gasteiger partial charge in [0.05, 0.1) is 10.6 Å². The first kappa shape index (κ1) is 22.1. The molecule has 1 aliphatic heterocycles. The number of primary amides is 1. The molecule has 0 fully saturated rings. The first-order valence-electron chi connectivity index (χ1n) is 9.61. The summed E-state index contributed by atoms with van der Waals surface area (Å²) in [4.78, 5) is 39.8. The van der Waals surface area contributed by atoms with Crippen LogP contribution in [-0.2, 0) is 22.6 Å². The number of nitrogens with two attached hydrogens (primary N) is 1. The summed E-state index contributed by atoms with van der Waals surface area (Å²) in [5, 5.41) is 3.36. The molecule has 158 valence electrons. The van der Waals surface area contributed by atoms with Crippen molar-refractivity contribution in [3.8, 4) is 0 Å². The highest BCUT2D eigenvalue weighted by atomic mass is 35.5. The van der Waals surface area contributed by atoms with E-state index < -0.39 is 23.9 Å². The average Bonchev–Trinajstić information content (AvgIpc) is 2.70. The topological polar surface area (TPSA) is 92.5 Å². The van der Waals surface area contributed by atoms with Crippen LogP contribution in [-0.4, -0.2) is 34.7 Å². The van der Waals surface area contributed by atoms with Gasteiger partial charge in [0.2, 0.25) is 11.8 Å². The van der Waals surface area contributed by atoms with E-state index in [4.69, 9.17) is 28.9 Å². The second-order valence-electron chi connectivity index (χ2n) is 7.68. The molecule has 0 saturated carbocycles. The highest BCUT2D eigenvalue weighted by molar-refractivity contribution is 6.36. The fraction of sp³-hybridized carbons (Fsp3) is 0.318. The highest BCUT2D eigenvalue weighted by Crippen LogP contribution is 2.26. The fourth-order valence-electron chi connectivity index (χ4n) is 3.59. The number of benzene rings is 2. The van der Waals surface area contributed by atoms with Gasteiger partial charge in [-0.2, -0.15) is 0 Å². The Balaban J connectivity index is 1.87. The Bertz CT molecular complexity index is 993. The molecule has 0 radical (unpaired) electrons. The summed E-state index contributed by atoms with van der Waals surface area (Å²) in [6.45, 7) is 3.90. The number of nitrogens with zero attached hydrogens (tertiary/aromatic N) is 1. The van der Waals surface area contributed by atoms with Crippen LogP contribution in [0.5, 0.6) is 0 Å².